The standard InChI is InChI=1S/C24H29NO3.C22H26N2O3.CH4/c1-2-24(16-17-24)23(27)28-25-22(26)18-21-14-12-20(13-15-21)11-7-6-10-19-8-4-3-5-9-19;23-22(14-15-22)21(26)27-24-20(25)16-19-12-10-18(11-13-19)9-5-4-8-17-6-2-1-3-7-17;/h3-5,8-9,12-15H,2,6-7,10-11,16-18H2,1H3,(H,25,26);1-3,6-7,10-13H,4-5,8-9,14-16,23H2,(H,24,25);1H4. The van der Waals surface area contributed by atoms with Gasteiger partial charge in [0.2, 0.25) is 0 Å². The molecule has 2 aliphatic carbocycles. The quantitative estimate of drug-likeness (QED) is 0.0732. The molecule has 0 saturated heterocycles. The molecule has 4 aromatic carbocycles. The molecule has 4 N–H and O–H groups in total. The molecule has 0 unspecified atom stereocenters. The van der Waals surface area contributed by atoms with Gasteiger partial charge in [-0.3, -0.25) is 9.59 Å². The first kappa shape index (κ1) is 43.4. The molecule has 0 aromatic heterocycles. The molecule has 56 heavy (non-hydrogen) atoms. The molecule has 2 saturated carbocycles. The smallest absolute Gasteiger partial charge is 0.340 e. The number of carbonyl (C=O) groups is 4. The predicted octanol–water partition coefficient (Wildman–Crippen LogP) is 8.06. The van der Waals surface area contributed by atoms with Gasteiger partial charge in [0.1, 0.15) is 5.54 Å². The fraction of sp³-hybridized carbons (Fsp3) is 0.404. The van der Waals surface area contributed by atoms with Crippen LogP contribution in [0.1, 0.15) is 106 Å². The van der Waals surface area contributed by atoms with Crippen molar-refractivity contribution in [2.24, 2.45) is 11.1 Å². The topological polar surface area (TPSA) is 137 Å². The molecule has 0 spiro atoms. The summed E-state index contributed by atoms with van der Waals surface area (Å²) in [6.07, 6.45) is 12.9. The average molecular weight is 762 g/mol. The Labute approximate surface area is 332 Å². The van der Waals surface area contributed by atoms with E-state index < -0.39 is 11.5 Å². The molecule has 2 aliphatic rings. The molecule has 4 aromatic rings. The number of amides is 2. The number of hydrogen-bond acceptors (Lipinski definition) is 7. The van der Waals surface area contributed by atoms with Gasteiger partial charge in [0.05, 0.1) is 18.3 Å². The molecule has 0 heterocycles. The van der Waals surface area contributed by atoms with Crippen molar-refractivity contribution in [1.29, 1.82) is 0 Å². The summed E-state index contributed by atoms with van der Waals surface area (Å²) in [5, 5.41) is 0. The highest BCUT2D eigenvalue weighted by molar-refractivity contribution is 5.86. The van der Waals surface area contributed by atoms with E-state index >= 15 is 0 Å². The number of carbonyl (C=O) groups excluding carboxylic acids is 4. The monoisotopic (exact) mass is 761 g/mol. The third-order valence-corrected chi connectivity index (χ3v) is 10.5. The Morgan fingerprint density at radius 1 is 0.518 bits per heavy atom. The lowest BCUT2D eigenvalue weighted by molar-refractivity contribution is -0.163. The van der Waals surface area contributed by atoms with E-state index in [1.807, 2.05) is 43.3 Å². The van der Waals surface area contributed by atoms with Gasteiger partial charge in [-0.15, -0.1) is 0 Å². The molecule has 2 fully saturated rings. The van der Waals surface area contributed by atoms with E-state index in [-0.39, 0.29) is 43.5 Å². The van der Waals surface area contributed by atoms with Crippen molar-refractivity contribution in [3.63, 3.8) is 0 Å². The van der Waals surface area contributed by atoms with Gasteiger partial charge in [-0.05, 0) is 117 Å². The van der Waals surface area contributed by atoms with Crippen molar-refractivity contribution >= 4 is 23.8 Å². The number of rotatable bonds is 17. The van der Waals surface area contributed by atoms with Gasteiger partial charge in [-0.25, -0.2) is 9.59 Å². The van der Waals surface area contributed by atoms with Gasteiger partial charge in [-0.1, -0.05) is 124 Å². The molecule has 0 atom stereocenters. The molecule has 0 radical (unpaired) electrons. The van der Waals surface area contributed by atoms with Crippen molar-refractivity contribution in [3.05, 3.63) is 143 Å². The predicted molar refractivity (Wildman–Crippen MR) is 220 cm³/mol. The Morgan fingerprint density at radius 2 is 0.857 bits per heavy atom. The Balaban J connectivity index is 0.000000244. The summed E-state index contributed by atoms with van der Waals surface area (Å²) in [7, 11) is 0. The van der Waals surface area contributed by atoms with Crippen LogP contribution in [0.3, 0.4) is 0 Å². The van der Waals surface area contributed by atoms with Crippen molar-refractivity contribution in [3.8, 4) is 0 Å². The minimum absolute atomic E-state index is 0. The van der Waals surface area contributed by atoms with Crippen molar-refractivity contribution in [2.45, 2.75) is 116 Å². The number of hydrogen-bond donors (Lipinski definition) is 3. The second-order valence-electron chi connectivity index (χ2n) is 15.0. The zero-order valence-electron chi connectivity index (χ0n) is 32.0. The first-order chi connectivity index (χ1) is 26.7. The minimum Gasteiger partial charge on any atom is -0.340 e. The first-order valence-corrected chi connectivity index (χ1v) is 19.7. The van der Waals surface area contributed by atoms with Crippen molar-refractivity contribution in [1.82, 2.24) is 11.0 Å². The number of hydroxylamine groups is 2. The fourth-order valence-corrected chi connectivity index (χ4v) is 6.30. The lowest BCUT2D eigenvalue weighted by Crippen LogP contribution is -2.40. The summed E-state index contributed by atoms with van der Waals surface area (Å²) in [4.78, 5) is 57.1. The van der Waals surface area contributed by atoms with Gasteiger partial charge < -0.3 is 15.4 Å². The van der Waals surface area contributed by atoms with E-state index in [1.54, 1.807) is 0 Å². The molecule has 9 nitrogen and oxygen atoms in total. The van der Waals surface area contributed by atoms with Gasteiger partial charge in [0, 0.05) is 0 Å². The number of unbranched alkanes of at least 4 members (excludes halogenated alkanes) is 2. The van der Waals surface area contributed by atoms with Crippen molar-refractivity contribution < 1.29 is 28.9 Å². The van der Waals surface area contributed by atoms with Crippen LogP contribution < -0.4 is 16.7 Å². The maximum atomic E-state index is 12.0. The third kappa shape index (κ3) is 14.4. The van der Waals surface area contributed by atoms with Crippen LogP contribution in [0.15, 0.2) is 109 Å². The average Bonchev–Trinajstić information content (AvgIpc) is 4.16. The maximum Gasteiger partial charge on any atom is 0.351 e. The lowest BCUT2D eigenvalue weighted by atomic mass is 10.0. The van der Waals surface area contributed by atoms with Crippen LogP contribution in [0.25, 0.3) is 0 Å². The molecule has 2 amide bonds. The Morgan fingerprint density at radius 3 is 1.20 bits per heavy atom. The SMILES string of the molecule is C.CCC1(C(=O)ONC(=O)Cc2ccc(CCCCc3ccccc3)cc2)CC1.NC1(C(=O)ONC(=O)Cc2ccc(CCCCc3ccccc3)cc2)CC1. The fourth-order valence-electron chi connectivity index (χ4n) is 6.30. The number of benzene rings is 4. The van der Waals surface area contributed by atoms with Gasteiger partial charge in [0.25, 0.3) is 11.8 Å². The molecule has 9 heteroatoms. The summed E-state index contributed by atoms with van der Waals surface area (Å²) in [6.45, 7) is 1.97. The molecular formula is C47H59N3O6. The molecule has 298 valence electrons. The maximum absolute atomic E-state index is 12.0. The van der Waals surface area contributed by atoms with Crippen LogP contribution in [0.4, 0.5) is 0 Å². The van der Waals surface area contributed by atoms with Gasteiger partial charge in [0.15, 0.2) is 0 Å². The Hall–Kier alpha value is -5.28. The van der Waals surface area contributed by atoms with E-state index in [0.29, 0.717) is 12.8 Å². The zero-order valence-corrected chi connectivity index (χ0v) is 32.0. The summed E-state index contributed by atoms with van der Waals surface area (Å²) in [6, 6.07) is 37.2. The Bertz CT molecular complexity index is 1820. The second kappa shape index (κ2) is 21.7. The van der Waals surface area contributed by atoms with Crippen LogP contribution in [0.5, 0.6) is 0 Å². The normalized spacial score (nSPS) is 14.1. The van der Waals surface area contributed by atoms with Crippen LogP contribution in [0.2, 0.25) is 0 Å². The summed E-state index contributed by atoms with van der Waals surface area (Å²) in [5.41, 5.74) is 16.0. The molecule has 0 aliphatic heterocycles. The van der Waals surface area contributed by atoms with Crippen molar-refractivity contribution in [2.75, 3.05) is 0 Å². The lowest BCUT2D eigenvalue weighted by Gasteiger charge is -2.11. The highest BCUT2D eigenvalue weighted by Gasteiger charge is 2.50. The summed E-state index contributed by atoms with van der Waals surface area (Å²) < 4.78 is 0. The zero-order chi connectivity index (χ0) is 38.9. The third-order valence-electron chi connectivity index (χ3n) is 10.5. The number of nitrogens with one attached hydrogen (secondary N) is 2. The number of nitrogens with two attached hydrogens (primary N) is 1. The van der Waals surface area contributed by atoms with E-state index in [1.165, 1.54) is 28.7 Å². The van der Waals surface area contributed by atoms with Crippen LogP contribution in [0, 0.1) is 5.41 Å². The van der Waals surface area contributed by atoms with E-state index in [2.05, 4.69) is 83.8 Å². The van der Waals surface area contributed by atoms with Crippen LogP contribution in [-0.4, -0.2) is 29.3 Å². The summed E-state index contributed by atoms with van der Waals surface area (Å²) in [5.74, 6) is -1.53. The largest absolute Gasteiger partial charge is 0.351 e. The van der Waals surface area contributed by atoms with Crippen LogP contribution in [-0.2, 0) is 67.4 Å². The molecule has 0 bridgehead atoms. The Kier molecular flexibility index (Phi) is 16.8. The summed E-state index contributed by atoms with van der Waals surface area (Å²) >= 11 is 0. The number of aryl methyl sites for hydroxylation is 4. The van der Waals surface area contributed by atoms with E-state index in [9.17, 15) is 19.2 Å². The van der Waals surface area contributed by atoms with Gasteiger partial charge >= 0.3 is 11.9 Å². The highest BCUT2D eigenvalue weighted by atomic mass is 16.7. The van der Waals surface area contributed by atoms with Gasteiger partial charge in [-0.2, -0.15) is 11.0 Å². The second-order valence-corrected chi connectivity index (χ2v) is 15.0. The molecule has 6 rings (SSSR count). The first-order valence-electron chi connectivity index (χ1n) is 19.7. The highest BCUT2D eigenvalue weighted by Crippen LogP contribution is 2.49. The molecular weight excluding hydrogens is 703 g/mol. The van der Waals surface area contributed by atoms with Crippen LogP contribution >= 0.6 is 0 Å². The van der Waals surface area contributed by atoms with E-state index in [0.717, 1.165) is 75.3 Å². The van der Waals surface area contributed by atoms with E-state index in [4.69, 9.17) is 15.4 Å². The minimum atomic E-state index is -0.893.